The van der Waals surface area contributed by atoms with E-state index in [2.05, 4.69) is 15.2 Å². The molecule has 4 aromatic rings. The van der Waals surface area contributed by atoms with Crippen LogP contribution in [-0.4, -0.2) is 28.3 Å². The summed E-state index contributed by atoms with van der Waals surface area (Å²) in [7, 11) is 1.58. The van der Waals surface area contributed by atoms with Crippen LogP contribution in [0.2, 0.25) is 0 Å². The summed E-state index contributed by atoms with van der Waals surface area (Å²) >= 11 is 0. The van der Waals surface area contributed by atoms with E-state index in [1.54, 1.807) is 62.6 Å². The smallest absolute Gasteiger partial charge is 0.339 e. The molecule has 0 spiro atoms. The molecule has 146 valence electrons. The molecule has 0 amide bonds. The number of fused-ring (bicyclic) bond motifs is 1. The molecule has 0 saturated heterocycles. The number of methoxy groups -OCH3 is 1. The summed E-state index contributed by atoms with van der Waals surface area (Å²) < 4.78 is 16.2. The van der Waals surface area contributed by atoms with Gasteiger partial charge in [0.15, 0.2) is 6.10 Å². The summed E-state index contributed by atoms with van der Waals surface area (Å²) in [6, 6.07) is 15.4. The van der Waals surface area contributed by atoms with Gasteiger partial charge in [-0.05, 0) is 37.3 Å². The molecule has 2 aromatic heterocycles. The summed E-state index contributed by atoms with van der Waals surface area (Å²) in [4.78, 5) is 27.2. The number of carbonyl (C=O) groups excluding carboxylic acids is 1. The molecule has 0 saturated carbocycles. The Balaban J connectivity index is 1.55. The van der Waals surface area contributed by atoms with Crippen LogP contribution >= 0.6 is 0 Å². The van der Waals surface area contributed by atoms with Crippen LogP contribution in [0.15, 0.2) is 63.8 Å². The number of ether oxygens (including phenoxy) is 2. The number of H-pyrrole nitrogens is 1. The van der Waals surface area contributed by atoms with Crippen LogP contribution in [-0.2, 0) is 4.74 Å². The summed E-state index contributed by atoms with van der Waals surface area (Å²) in [5.74, 6) is 0.510. The third kappa shape index (κ3) is 3.73. The van der Waals surface area contributed by atoms with Gasteiger partial charge in [-0.25, -0.2) is 4.79 Å². The molecule has 1 atom stereocenters. The van der Waals surface area contributed by atoms with Crippen molar-refractivity contribution in [3.8, 4) is 17.2 Å². The Kier molecular flexibility index (Phi) is 4.82. The topological polar surface area (TPSA) is 107 Å². The van der Waals surface area contributed by atoms with Gasteiger partial charge < -0.3 is 18.9 Å². The fourth-order valence-corrected chi connectivity index (χ4v) is 2.90. The minimum Gasteiger partial charge on any atom is -0.497 e. The highest BCUT2D eigenvalue weighted by molar-refractivity contribution is 6.03. The second-order valence-corrected chi connectivity index (χ2v) is 6.31. The number of aromatic nitrogens is 3. The second kappa shape index (κ2) is 7.59. The quantitative estimate of drug-likeness (QED) is 0.519. The van der Waals surface area contributed by atoms with Gasteiger partial charge in [-0.3, -0.25) is 4.79 Å². The molecule has 1 N–H and O–H groups in total. The molecule has 29 heavy (non-hydrogen) atoms. The van der Waals surface area contributed by atoms with Crippen molar-refractivity contribution >= 4 is 16.9 Å². The van der Waals surface area contributed by atoms with Gasteiger partial charge >= 0.3 is 5.97 Å². The number of aromatic amines is 1. The highest BCUT2D eigenvalue weighted by atomic mass is 16.6. The maximum atomic E-state index is 12.7. The predicted molar refractivity (Wildman–Crippen MR) is 105 cm³/mol. The molecular weight excluding hydrogens is 374 g/mol. The van der Waals surface area contributed by atoms with Crippen LogP contribution in [0.25, 0.3) is 22.4 Å². The van der Waals surface area contributed by atoms with E-state index in [1.165, 1.54) is 6.07 Å². The summed E-state index contributed by atoms with van der Waals surface area (Å²) in [6.07, 6.45) is -0.792. The van der Waals surface area contributed by atoms with Crippen LogP contribution in [0, 0.1) is 0 Å². The van der Waals surface area contributed by atoms with Crippen LogP contribution in [0.3, 0.4) is 0 Å². The highest BCUT2D eigenvalue weighted by Crippen LogP contribution is 2.25. The van der Waals surface area contributed by atoms with Crippen LogP contribution in [0.1, 0.15) is 29.3 Å². The van der Waals surface area contributed by atoms with Gasteiger partial charge in [0.25, 0.3) is 5.89 Å². The first-order valence-corrected chi connectivity index (χ1v) is 8.86. The second-order valence-electron chi connectivity index (χ2n) is 6.31. The van der Waals surface area contributed by atoms with Crippen LogP contribution < -0.4 is 10.3 Å². The molecule has 4 rings (SSSR count). The van der Waals surface area contributed by atoms with Crippen molar-refractivity contribution in [2.75, 3.05) is 7.11 Å². The van der Waals surface area contributed by atoms with Crippen molar-refractivity contribution in [3.05, 3.63) is 76.4 Å². The van der Waals surface area contributed by atoms with E-state index in [-0.39, 0.29) is 17.0 Å². The molecule has 0 fully saturated rings. The predicted octanol–water partition coefficient (Wildman–Crippen LogP) is 3.50. The number of pyridine rings is 1. The van der Waals surface area contributed by atoms with Gasteiger partial charge in [0.1, 0.15) is 5.75 Å². The van der Waals surface area contributed by atoms with E-state index in [0.717, 1.165) is 0 Å². The minimum absolute atomic E-state index is 0.151. The van der Waals surface area contributed by atoms with E-state index in [0.29, 0.717) is 28.1 Å². The summed E-state index contributed by atoms with van der Waals surface area (Å²) in [6.45, 7) is 1.62. The first-order chi connectivity index (χ1) is 14.0. The standard InChI is InChI=1S/C21H17N3O5/c1-12(19-23-24-20(29-19)13-7-9-14(27-2)10-8-13)28-21(26)16-11-18(25)22-17-6-4-3-5-15(16)17/h3-12H,1-2H3,(H,22,25)/t12-/m0/s1. The van der Waals surface area contributed by atoms with Crippen molar-refractivity contribution in [3.63, 3.8) is 0 Å². The first-order valence-electron chi connectivity index (χ1n) is 8.86. The molecule has 8 nitrogen and oxygen atoms in total. The van der Waals surface area contributed by atoms with E-state index in [9.17, 15) is 9.59 Å². The number of nitrogens with zero attached hydrogens (tertiary/aromatic N) is 2. The van der Waals surface area contributed by atoms with Crippen LogP contribution in [0.4, 0.5) is 0 Å². The molecule has 8 heteroatoms. The van der Waals surface area contributed by atoms with Crippen molar-refractivity contribution in [2.24, 2.45) is 0 Å². The lowest BCUT2D eigenvalue weighted by atomic mass is 10.1. The Labute approximate surface area is 165 Å². The average Bonchev–Trinajstić information content (AvgIpc) is 3.23. The molecule has 0 aliphatic heterocycles. The first kappa shape index (κ1) is 18.4. The molecule has 2 heterocycles. The monoisotopic (exact) mass is 391 g/mol. The average molecular weight is 391 g/mol. The Morgan fingerprint density at radius 1 is 1.10 bits per heavy atom. The molecular formula is C21H17N3O5. The SMILES string of the molecule is COc1ccc(-c2nnc([C@H](C)OC(=O)c3cc(=O)[nH]c4ccccc34)o2)cc1. The highest BCUT2D eigenvalue weighted by Gasteiger charge is 2.21. The van der Waals surface area contributed by atoms with E-state index < -0.39 is 12.1 Å². The van der Waals surface area contributed by atoms with Gasteiger partial charge in [-0.1, -0.05) is 18.2 Å². The summed E-state index contributed by atoms with van der Waals surface area (Å²) in [5.41, 5.74) is 1.05. The zero-order valence-electron chi connectivity index (χ0n) is 15.7. The number of rotatable bonds is 5. The third-order valence-electron chi connectivity index (χ3n) is 4.38. The zero-order chi connectivity index (χ0) is 20.4. The normalized spacial score (nSPS) is 11.9. The Hall–Kier alpha value is -3.94. The zero-order valence-corrected chi connectivity index (χ0v) is 15.7. The van der Waals surface area contributed by atoms with Gasteiger partial charge in [0.2, 0.25) is 11.4 Å². The Morgan fingerprint density at radius 3 is 2.62 bits per heavy atom. The van der Waals surface area contributed by atoms with Crippen LogP contribution in [0.5, 0.6) is 5.75 Å². The molecule has 2 aromatic carbocycles. The van der Waals surface area contributed by atoms with E-state index >= 15 is 0 Å². The van der Waals surface area contributed by atoms with Gasteiger partial charge in [-0.2, -0.15) is 0 Å². The number of benzene rings is 2. The Morgan fingerprint density at radius 2 is 1.86 bits per heavy atom. The number of nitrogens with one attached hydrogen (secondary N) is 1. The fraction of sp³-hybridized carbons (Fsp3) is 0.143. The van der Waals surface area contributed by atoms with E-state index in [1.807, 2.05) is 0 Å². The van der Waals surface area contributed by atoms with Gasteiger partial charge in [0.05, 0.1) is 12.7 Å². The van der Waals surface area contributed by atoms with Crippen molar-refractivity contribution in [1.29, 1.82) is 0 Å². The lowest BCUT2D eigenvalue weighted by molar-refractivity contribution is 0.0282. The van der Waals surface area contributed by atoms with Crippen molar-refractivity contribution in [2.45, 2.75) is 13.0 Å². The van der Waals surface area contributed by atoms with Gasteiger partial charge in [-0.15, -0.1) is 10.2 Å². The minimum atomic E-state index is -0.792. The largest absolute Gasteiger partial charge is 0.497 e. The maximum Gasteiger partial charge on any atom is 0.339 e. The third-order valence-corrected chi connectivity index (χ3v) is 4.38. The molecule has 0 aliphatic rings. The number of para-hydroxylation sites is 1. The van der Waals surface area contributed by atoms with E-state index in [4.69, 9.17) is 13.9 Å². The fourth-order valence-electron chi connectivity index (χ4n) is 2.90. The van der Waals surface area contributed by atoms with Crippen molar-refractivity contribution < 1.29 is 18.7 Å². The number of hydrogen-bond donors (Lipinski definition) is 1. The van der Waals surface area contributed by atoms with Gasteiger partial charge in [0, 0.05) is 22.5 Å². The Bertz CT molecular complexity index is 1230. The molecule has 0 bridgehead atoms. The molecule has 0 unspecified atom stereocenters. The van der Waals surface area contributed by atoms with Crippen molar-refractivity contribution in [1.82, 2.24) is 15.2 Å². The lowest BCUT2D eigenvalue weighted by Crippen LogP contribution is -2.14. The molecule has 0 radical (unpaired) electrons. The number of hydrogen-bond acceptors (Lipinski definition) is 7. The maximum absolute atomic E-state index is 12.7. The number of esters is 1. The summed E-state index contributed by atoms with van der Waals surface area (Å²) in [5, 5.41) is 8.56. The molecule has 0 aliphatic carbocycles. The lowest BCUT2D eigenvalue weighted by Gasteiger charge is -2.10. The number of carbonyl (C=O) groups is 1.